The monoisotopic (exact) mass is 378 g/mol. The number of carbonyl (C=O) groups excluding carboxylic acids is 2. The van der Waals surface area contributed by atoms with Gasteiger partial charge in [0.25, 0.3) is 5.91 Å². The Labute approximate surface area is 150 Å². The number of rotatable bonds is 3. The van der Waals surface area contributed by atoms with Gasteiger partial charge in [-0.2, -0.15) is 0 Å². The van der Waals surface area contributed by atoms with E-state index in [2.05, 4.69) is 5.32 Å². The Balaban J connectivity index is 1.90. The van der Waals surface area contributed by atoms with Crippen LogP contribution in [0.5, 0.6) is 0 Å². The van der Waals surface area contributed by atoms with Crippen LogP contribution in [0.1, 0.15) is 22.3 Å². The number of nitrogens with zero attached hydrogens (tertiary/aromatic N) is 1. The van der Waals surface area contributed by atoms with E-state index in [9.17, 15) is 18.0 Å². The van der Waals surface area contributed by atoms with Crippen LogP contribution in [-0.4, -0.2) is 26.0 Å². The molecule has 0 unspecified atom stereocenters. The van der Waals surface area contributed by atoms with Crippen LogP contribution in [-0.2, 0) is 14.8 Å². The van der Waals surface area contributed by atoms with Crippen molar-refractivity contribution in [2.45, 2.75) is 13.3 Å². The first kappa shape index (κ1) is 17.4. The number of aryl methyl sites for hydroxylation is 1. The highest BCUT2D eigenvalue weighted by Crippen LogP contribution is 2.26. The summed E-state index contributed by atoms with van der Waals surface area (Å²) in [5.41, 5.74) is 1.81. The van der Waals surface area contributed by atoms with Gasteiger partial charge in [-0.1, -0.05) is 23.7 Å². The number of hydrogen-bond donors (Lipinski definition) is 1. The molecule has 1 saturated heterocycles. The predicted molar refractivity (Wildman–Crippen MR) is 96.5 cm³/mol. The number of nitrogens with one attached hydrogen (secondary N) is 1. The molecule has 130 valence electrons. The van der Waals surface area contributed by atoms with E-state index < -0.39 is 21.8 Å². The van der Waals surface area contributed by atoms with Crippen molar-refractivity contribution < 1.29 is 18.0 Å². The number of anilines is 2. The molecule has 2 aromatic rings. The van der Waals surface area contributed by atoms with E-state index in [1.807, 2.05) is 6.92 Å². The van der Waals surface area contributed by atoms with Crippen LogP contribution in [0.15, 0.2) is 42.5 Å². The zero-order chi connectivity index (χ0) is 18.2. The summed E-state index contributed by atoms with van der Waals surface area (Å²) in [5, 5.41) is 3.23. The minimum atomic E-state index is -3.67. The van der Waals surface area contributed by atoms with Gasteiger partial charge in [-0.05, 0) is 42.8 Å². The van der Waals surface area contributed by atoms with Crippen LogP contribution >= 0.6 is 11.6 Å². The van der Waals surface area contributed by atoms with Crippen LogP contribution in [0, 0.1) is 6.92 Å². The van der Waals surface area contributed by atoms with Crippen molar-refractivity contribution in [3.8, 4) is 0 Å². The number of hydrogen-bond acceptors (Lipinski definition) is 4. The molecule has 0 radical (unpaired) electrons. The molecule has 1 aliphatic heterocycles. The average Bonchev–Trinajstić information content (AvgIpc) is 2.84. The quantitative estimate of drug-likeness (QED) is 0.889. The number of halogens is 1. The molecular formula is C17H15ClN2O4S. The lowest BCUT2D eigenvalue weighted by Crippen LogP contribution is -2.29. The standard InChI is InChI=1S/C17H15ClN2O4S/c1-11-5-6-13(18)10-15(11)19-17(22)12-3-2-4-14(9-12)20-16(21)7-8-25(20,23)24/h2-6,9-10H,7-8H2,1H3,(H,19,22). The summed E-state index contributed by atoms with van der Waals surface area (Å²) < 4.78 is 24.8. The third kappa shape index (κ3) is 3.52. The molecule has 3 rings (SSSR count). The molecule has 0 spiro atoms. The summed E-state index contributed by atoms with van der Waals surface area (Å²) in [5.74, 6) is -1.14. The Morgan fingerprint density at radius 1 is 1.20 bits per heavy atom. The Hall–Kier alpha value is -2.38. The van der Waals surface area contributed by atoms with E-state index in [0.717, 1.165) is 9.87 Å². The van der Waals surface area contributed by atoms with Crippen molar-refractivity contribution in [1.29, 1.82) is 0 Å². The summed E-state index contributed by atoms with van der Waals surface area (Å²) >= 11 is 5.94. The van der Waals surface area contributed by atoms with Gasteiger partial charge in [0, 0.05) is 22.7 Å². The number of carbonyl (C=O) groups is 2. The van der Waals surface area contributed by atoms with Gasteiger partial charge in [-0.15, -0.1) is 0 Å². The molecule has 0 atom stereocenters. The van der Waals surface area contributed by atoms with E-state index in [4.69, 9.17) is 11.6 Å². The second kappa shape index (κ2) is 6.50. The van der Waals surface area contributed by atoms with Crippen LogP contribution < -0.4 is 9.62 Å². The van der Waals surface area contributed by atoms with Gasteiger partial charge in [0.1, 0.15) is 0 Å². The number of benzene rings is 2. The van der Waals surface area contributed by atoms with Crippen molar-refractivity contribution >= 4 is 44.8 Å². The third-order valence-electron chi connectivity index (χ3n) is 3.87. The van der Waals surface area contributed by atoms with E-state index in [1.165, 1.54) is 18.2 Å². The molecule has 1 heterocycles. The maximum atomic E-state index is 12.5. The molecule has 6 nitrogen and oxygen atoms in total. The Morgan fingerprint density at radius 3 is 2.64 bits per heavy atom. The van der Waals surface area contributed by atoms with Gasteiger partial charge >= 0.3 is 0 Å². The topological polar surface area (TPSA) is 83.6 Å². The molecule has 8 heteroatoms. The fourth-order valence-electron chi connectivity index (χ4n) is 2.57. The van der Waals surface area contributed by atoms with Crippen LogP contribution in [0.2, 0.25) is 5.02 Å². The zero-order valence-corrected chi connectivity index (χ0v) is 14.9. The largest absolute Gasteiger partial charge is 0.322 e. The lowest BCUT2D eigenvalue weighted by atomic mass is 10.1. The third-order valence-corrected chi connectivity index (χ3v) is 5.80. The molecule has 0 bridgehead atoms. The second-order valence-electron chi connectivity index (χ2n) is 5.69. The Morgan fingerprint density at radius 2 is 1.96 bits per heavy atom. The highest BCUT2D eigenvalue weighted by atomic mass is 35.5. The van der Waals surface area contributed by atoms with Crippen molar-refractivity contribution in [1.82, 2.24) is 0 Å². The smallest absolute Gasteiger partial charge is 0.255 e. The lowest BCUT2D eigenvalue weighted by Gasteiger charge is -2.16. The van der Waals surface area contributed by atoms with Gasteiger partial charge < -0.3 is 5.32 Å². The minimum absolute atomic E-state index is 0.0551. The van der Waals surface area contributed by atoms with Crippen LogP contribution in [0.4, 0.5) is 11.4 Å². The summed E-state index contributed by atoms with van der Waals surface area (Å²) in [7, 11) is -3.67. The van der Waals surface area contributed by atoms with Gasteiger partial charge in [-0.25, -0.2) is 12.7 Å². The molecular weight excluding hydrogens is 364 g/mol. The van der Waals surface area contributed by atoms with E-state index in [1.54, 1.807) is 24.3 Å². The normalized spacial score (nSPS) is 16.1. The lowest BCUT2D eigenvalue weighted by molar-refractivity contribution is -0.116. The summed E-state index contributed by atoms with van der Waals surface area (Å²) in [6, 6.07) is 11.1. The highest BCUT2D eigenvalue weighted by molar-refractivity contribution is 7.94. The van der Waals surface area contributed by atoms with Gasteiger partial charge in [0.15, 0.2) is 0 Å². The molecule has 2 aromatic carbocycles. The van der Waals surface area contributed by atoms with Crippen molar-refractivity contribution in [3.05, 3.63) is 58.6 Å². The Kier molecular flexibility index (Phi) is 4.53. The molecule has 2 amide bonds. The van der Waals surface area contributed by atoms with Crippen LogP contribution in [0.3, 0.4) is 0 Å². The van der Waals surface area contributed by atoms with E-state index in [0.29, 0.717) is 10.7 Å². The fourth-order valence-corrected chi connectivity index (χ4v) is 4.19. The maximum Gasteiger partial charge on any atom is 0.255 e. The SMILES string of the molecule is Cc1ccc(Cl)cc1NC(=O)c1cccc(N2C(=O)CCS2(=O)=O)c1. The number of amides is 2. The molecule has 0 aliphatic carbocycles. The predicted octanol–water partition coefficient (Wildman–Crippen LogP) is 2.97. The molecule has 1 N–H and O–H groups in total. The van der Waals surface area contributed by atoms with E-state index in [-0.39, 0.29) is 23.4 Å². The average molecular weight is 379 g/mol. The van der Waals surface area contributed by atoms with Gasteiger partial charge in [-0.3, -0.25) is 9.59 Å². The summed E-state index contributed by atoms with van der Waals surface area (Å²) in [4.78, 5) is 24.4. The second-order valence-corrected chi connectivity index (χ2v) is 8.06. The highest BCUT2D eigenvalue weighted by Gasteiger charge is 2.36. The van der Waals surface area contributed by atoms with Gasteiger partial charge in [0.2, 0.25) is 15.9 Å². The summed E-state index contributed by atoms with van der Waals surface area (Å²) in [6.07, 6.45) is -0.0551. The maximum absolute atomic E-state index is 12.5. The molecule has 0 aromatic heterocycles. The number of sulfonamides is 1. The first-order chi connectivity index (χ1) is 11.8. The fraction of sp³-hybridized carbons (Fsp3) is 0.176. The summed E-state index contributed by atoms with van der Waals surface area (Å²) in [6.45, 7) is 1.83. The van der Waals surface area contributed by atoms with Crippen molar-refractivity contribution in [2.24, 2.45) is 0 Å². The van der Waals surface area contributed by atoms with Crippen molar-refractivity contribution in [3.63, 3.8) is 0 Å². The Bertz CT molecular complexity index is 972. The molecule has 1 fully saturated rings. The van der Waals surface area contributed by atoms with Crippen LogP contribution in [0.25, 0.3) is 0 Å². The zero-order valence-electron chi connectivity index (χ0n) is 13.3. The first-order valence-corrected chi connectivity index (χ1v) is 9.50. The van der Waals surface area contributed by atoms with Crippen molar-refractivity contribution in [2.75, 3.05) is 15.4 Å². The first-order valence-electron chi connectivity index (χ1n) is 7.51. The molecule has 1 aliphatic rings. The molecule has 0 saturated carbocycles. The molecule has 25 heavy (non-hydrogen) atoms. The van der Waals surface area contributed by atoms with Gasteiger partial charge in [0.05, 0.1) is 11.4 Å². The van der Waals surface area contributed by atoms with E-state index >= 15 is 0 Å². The minimum Gasteiger partial charge on any atom is -0.322 e.